The Morgan fingerprint density at radius 3 is 2.56 bits per heavy atom. The summed E-state index contributed by atoms with van der Waals surface area (Å²) >= 11 is 0. The van der Waals surface area contributed by atoms with Gasteiger partial charge in [-0.1, -0.05) is 12.8 Å². The standard InChI is InChI=1S/C13H20FNO3/c14-10-3-1-2-9(7-10)12(16)15-11(13(17)18)6-8-4-5-8/h8-11H,1-7H2,(H,15,16)(H,17,18). The van der Waals surface area contributed by atoms with E-state index in [0.29, 0.717) is 31.6 Å². The fourth-order valence-electron chi connectivity index (χ4n) is 2.57. The molecule has 0 bridgehead atoms. The van der Waals surface area contributed by atoms with Crippen LogP contribution in [-0.4, -0.2) is 29.2 Å². The van der Waals surface area contributed by atoms with E-state index in [9.17, 15) is 14.0 Å². The lowest BCUT2D eigenvalue weighted by Crippen LogP contribution is -2.45. The predicted molar refractivity (Wildman–Crippen MR) is 63.8 cm³/mol. The number of carboxylic acid groups (broad SMARTS) is 1. The zero-order valence-electron chi connectivity index (χ0n) is 10.4. The first-order valence-corrected chi connectivity index (χ1v) is 6.73. The topological polar surface area (TPSA) is 66.4 Å². The van der Waals surface area contributed by atoms with Crippen molar-refractivity contribution in [1.82, 2.24) is 5.32 Å². The molecule has 2 aliphatic rings. The Morgan fingerprint density at radius 1 is 1.28 bits per heavy atom. The number of hydrogen-bond donors (Lipinski definition) is 2. The highest BCUT2D eigenvalue weighted by Gasteiger charge is 2.33. The van der Waals surface area contributed by atoms with E-state index in [-0.39, 0.29) is 18.2 Å². The third kappa shape index (κ3) is 3.68. The van der Waals surface area contributed by atoms with Crippen molar-refractivity contribution >= 4 is 11.9 Å². The van der Waals surface area contributed by atoms with E-state index < -0.39 is 18.2 Å². The van der Waals surface area contributed by atoms with Crippen molar-refractivity contribution in [1.29, 1.82) is 0 Å². The maximum atomic E-state index is 13.2. The van der Waals surface area contributed by atoms with Gasteiger partial charge in [0.1, 0.15) is 12.2 Å². The Kier molecular flexibility index (Phi) is 4.19. The van der Waals surface area contributed by atoms with Crippen LogP contribution in [0.15, 0.2) is 0 Å². The molecule has 0 aromatic rings. The predicted octanol–water partition coefficient (Wildman–Crippen LogP) is 1.88. The first-order valence-electron chi connectivity index (χ1n) is 6.73. The van der Waals surface area contributed by atoms with Crippen LogP contribution >= 0.6 is 0 Å². The third-order valence-corrected chi connectivity index (χ3v) is 3.86. The molecule has 3 unspecified atom stereocenters. The average Bonchev–Trinajstić information content (AvgIpc) is 3.12. The average molecular weight is 257 g/mol. The lowest BCUT2D eigenvalue weighted by atomic mass is 9.87. The van der Waals surface area contributed by atoms with Crippen molar-refractivity contribution in [3.8, 4) is 0 Å². The van der Waals surface area contributed by atoms with Gasteiger partial charge in [0.05, 0.1) is 0 Å². The van der Waals surface area contributed by atoms with Crippen molar-refractivity contribution in [2.24, 2.45) is 11.8 Å². The summed E-state index contributed by atoms with van der Waals surface area (Å²) in [7, 11) is 0. The minimum atomic E-state index is -0.983. The second-order valence-electron chi connectivity index (χ2n) is 5.54. The molecule has 0 aliphatic heterocycles. The molecular formula is C13H20FNO3. The van der Waals surface area contributed by atoms with E-state index in [1.807, 2.05) is 0 Å². The van der Waals surface area contributed by atoms with Gasteiger partial charge in [-0.3, -0.25) is 4.79 Å². The van der Waals surface area contributed by atoms with Crippen molar-refractivity contribution in [3.63, 3.8) is 0 Å². The number of amides is 1. The first-order chi connectivity index (χ1) is 8.56. The maximum Gasteiger partial charge on any atom is 0.326 e. The maximum absolute atomic E-state index is 13.2. The van der Waals surface area contributed by atoms with E-state index in [4.69, 9.17) is 5.11 Å². The lowest BCUT2D eigenvalue weighted by Gasteiger charge is -2.25. The highest BCUT2D eigenvalue weighted by molar-refractivity contribution is 5.85. The second-order valence-corrected chi connectivity index (χ2v) is 5.54. The summed E-state index contributed by atoms with van der Waals surface area (Å²) in [6.45, 7) is 0. The molecule has 1 amide bonds. The van der Waals surface area contributed by atoms with Crippen LogP contribution in [0.25, 0.3) is 0 Å². The number of hydrogen-bond acceptors (Lipinski definition) is 2. The fourth-order valence-corrected chi connectivity index (χ4v) is 2.57. The van der Waals surface area contributed by atoms with Crippen LogP contribution in [0.5, 0.6) is 0 Å². The molecule has 3 atom stereocenters. The highest BCUT2D eigenvalue weighted by atomic mass is 19.1. The van der Waals surface area contributed by atoms with E-state index in [0.717, 1.165) is 12.8 Å². The summed E-state index contributed by atoms with van der Waals surface area (Å²) < 4.78 is 13.2. The summed E-state index contributed by atoms with van der Waals surface area (Å²) in [5.41, 5.74) is 0. The van der Waals surface area contributed by atoms with E-state index in [2.05, 4.69) is 5.32 Å². The molecule has 102 valence electrons. The van der Waals surface area contributed by atoms with Crippen LogP contribution in [0.3, 0.4) is 0 Å². The summed E-state index contributed by atoms with van der Waals surface area (Å²) in [6, 6.07) is -0.801. The molecule has 2 saturated carbocycles. The van der Waals surface area contributed by atoms with Crippen LogP contribution in [0, 0.1) is 11.8 Å². The lowest BCUT2D eigenvalue weighted by molar-refractivity contribution is -0.143. The quantitative estimate of drug-likeness (QED) is 0.790. The van der Waals surface area contributed by atoms with Gasteiger partial charge in [-0.05, 0) is 38.0 Å². The largest absolute Gasteiger partial charge is 0.480 e. The zero-order valence-corrected chi connectivity index (χ0v) is 10.4. The summed E-state index contributed by atoms with van der Waals surface area (Å²) in [5, 5.41) is 11.6. The van der Waals surface area contributed by atoms with Crippen molar-refractivity contribution in [2.45, 2.75) is 57.2 Å². The first kappa shape index (κ1) is 13.3. The molecule has 2 rings (SSSR count). The Balaban J connectivity index is 1.84. The van der Waals surface area contributed by atoms with Gasteiger partial charge in [0.2, 0.25) is 5.91 Å². The Morgan fingerprint density at radius 2 is 2.00 bits per heavy atom. The van der Waals surface area contributed by atoms with Gasteiger partial charge in [-0.15, -0.1) is 0 Å². The smallest absolute Gasteiger partial charge is 0.326 e. The molecule has 2 N–H and O–H groups in total. The van der Waals surface area contributed by atoms with Crippen LogP contribution in [0.4, 0.5) is 4.39 Å². The van der Waals surface area contributed by atoms with Gasteiger partial charge in [0, 0.05) is 5.92 Å². The van der Waals surface area contributed by atoms with E-state index >= 15 is 0 Å². The Hall–Kier alpha value is -1.13. The molecule has 0 aromatic carbocycles. The molecule has 4 nitrogen and oxygen atoms in total. The molecular weight excluding hydrogens is 237 g/mol. The van der Waals surface area contributed by atoms with Gasteiger partial charge in [0.15, 0.2) is 0 Å². The number of alkyl halides is 1. The zero-order chi connectivity index (χ0) is 13.1. The molecule has 0 heterocycles. The van der Waals surface area contributed by atoms with Crippen molar-refractivity contribution < 1.29 is 19.1 Å². The minimum Gasteiger partial charge on any atom is -0.480 e. The van der Waals surface area contributed by atoms with Gasteiger partial charge >= 0.3 is 5.97 Å². The van der Waals surface area contributed by atoms with Gasteiger partial charge in [-0.2, -0.15) is 0 Å². The number of halogens is 1. The number of nitrogens with one attached hydrogen (secondary N) is 1. The number of aliphatic carboxylic acids is 1. The molecule has 0 spiro atoms. The van der Waals surface area contributed by atoms with Crippen LogP contribution in [0.1, 0.15) is 44.9 Å². The molecule has 0 aromatic heterocycles. The van der Waals surface area contributed by atoms with Crippen LogP contribution < -0.4 is 5.32 Å². The van der Waals surface area contributed by atoms with Crippen LogP contribution in [0.2, 0.25) is 0 Å². The molecule has 0 saturated heterocycles. The summed E-state index contributed by atoms with van der Waals surface area (Å²) in [4.78, 5) is 23.0. The van der Waals surface area contributed by atoms with Gasteiger partial charge in [-0.25, -0.2) is 9.18 Å². The fraction of sp³-hybridized carbons (Fsp3) is 0.846. The summed E-state index contributed by atoms with van der Waals surface area (Å²) in [6.07, 6.45) is 3.83. The number of carboxylic acids is 1. The molecule has 18 heavy (non-hydrogen) atoms. The van der Waals surface area contributed by atoms with Gasteiger partial charge < -0.3 is 10.4 Å². The van der Waals surface area contributed by atoms with Gasteiger partial charge in [0.25, 0.3) is 0 Å². The highest BCUT2D eigenvalue weighted by Crippen LogP contribution is 2.34. The monoisotopic (exact) mass is 257 g/mol. The second kappa shape index (κ2) is 5.67. The van der Waals surface area contributed by atoms with E-state index in [1.54, 1.807) is 0 Å². The molecule has 2 aliphatic carbocycles. The van der Waals surface area contributed by atoms with E-state index in [1.165, 1.54) is 0 Å². The van der Waals surface area contributed by atoms with Crippen LogP contribution in [-0.2, 0) is 9.59 Å². The molecule has 5 heteroatoms. The van der Waals surface area contributed by atoms with Crippen molar-refractivity contribution in [3.05, 3.63) is 0 Å². The molecule has 2 fully saturated rings. The minimum absolute atomic E-state index is 0.238. The van der Waals surface area contributed by atoms with Crippen molar-refractivity contribution in [2.75, 3.05) is 0 Å². The number of carbonyl (C=O) groups excluding carboxylic acids is 1. The normalized spacial score (nSPS) is 29.6. The molecule has 0 radical (unpaired) electrons. The summed E-state index contributed by atoms with van der Waals surface area (Å²) in [5.74, 6) is -1.19. The Labute approximate surface area is 106 Å². The SMILES string of the molecule is O=C(NC(CC1CC1)C(=O)O)C1CCCC(F)C1. The Bertz CT molecular complexity index is 330. The number of carbonyl (C=O) groups is 2. The number of rotatable bonds is 5. The third-order valence-electron chi connectivity index (χ3n) is 3.86.